The van der Waals surface area contributed by atoms with E-state index in [0.29, 0.717) is 0 Å². The molecule has 98 valence electrons. The molecule has 0 rings (SSSR count). The molecule has 0 spiro atoms. The van der Waals surface area contributed by atoms with E-state index < -0.39 is 18.0 Å². The number of rotatable bonds is 5. The van der Waals surface area contributed by atoms with Gasteiger partial charge in [-0.1, -0.05) is 13.8 Å². The zero-order chi connectivity index (χ0) is 13.6. The van der Waals surface area contributed by atoms with Gasteiger partial charge in [0.15, 0.2) is 0 Å². The Labute approximate surface area is 100 Å². The summed E-state index contributed by atoms with van der Waals surface area (Å²) in [5, 5.41) is 13.4. The molecule has 7 heteroatoms. The molecule has 0 saturated heterocycles. The van der Waals surface area contributed by atoms with Crippen molar-refractivity contribution in [2.75, 3.05) is 20.6 Å². The molecule has 0 aliphatic carbocycles. The number of carbonyl (C=O) groups is 3. The van der Waals surface area contributed by atoms with E-state index in [4.69, 9.17) is 5.11 Å². The first-order chi connectivity index (χ1) is 7.75. The van der Waals surface area contributed by atoms with Gasteiger partial charge in [-0.3, -0.25) is 4.79 Å². The number of nitrogens with zero attached hydrogens (tertiary/aromatic N) is 1. The van der Waals surface area contributed by atoms with E-state index >= 15 is 0 Å². The van der Waals surface area contributed by atoms with E-state index in [1.165, 1.54) is 4.90 Å². The predicted octanol–water partition coefficient (Wildman–Crippen LogP) is -0.517. The predicted molar refractivity (Wildman–Crippen MR) is 61.5 cm³/mol. The van der Waals surface area contributed by atoms with Crippen LogP contribution in [0.15, 0.2) is 0 Å². The molecule has 0 fully saturated rings. The first kappa shape index (κ1) is 15.2. The number of nitrogens with one attached hydrogen (secondary N) is 2. The normalized spacial score (nSPS) is 11.8. The van der Waals surface area contributed by atoms with Gasteiger partial charge in [0.05, 0.1) is 6.54 Å². The first-order valence-electron chi connectivity index (χ1n) is 5.23. The zero-order valence-corrected chi connectivity index (χ0v) is 10.5. The standard InChI is InChI=1S/C10H19N3O4/c1-6(2)8(9(15)16)12-10(17)11-5-7(14)13(3)4/h6,8H,5H2,1-4H3,(H,15,16)(H2,11,12,17)/t8-/m1/s1. The molecule has 3 N–H and O–H groups in total. The molecule has 0 aliphatic rings. The molecule has 0 saturated carbocycles. The van der Waals surface area contributed by atoms with E-state index in [1.807, 2.05) is 0 Å². The Morgan fingerprint density at radius 2 is 1.76 bits per heavy atom. The number of carboxylic acids is 1. The fourth-order valence-electron chi connectivity index (χ4n) is 1.02. The summed E-state index contributed by atoms with van der Waals surface area (Å²) >= 11 is 0. The first-order valence-corrected chi connectivity index (χ1v) is 5.23. The third-order valence-corrected chi connectivity index (χ3v) is 2.12. The molecule has 0 aromatic heterocycles. The van der Waals surface area contributed by atoms with Crippen LogP contribution in [0.25, 0.3) is 0 Å². The fourth-order valence-corrected chi connectivity index (χ4v) is 1.02. The minimum atomic E-state index is -1.10. The SMILES string of the molecule is CC(C)[C@@H](NC(=O)NCC(=O)N(C)C)C(=O)O. The highest BCUT2D eigenvalue weighted by atomic mass is 16.4. The number of hydrogen-bond acceptors (Lipinski definition) is 3. The number of urea groups is 1. The summed E-state index contributed by atoms with van der Waals surface area (Å²) in [7, 11) is 3.13. The Morgan fingerprint density at radius 1 is 1.24 bits per heavy atom. The van der Waals surface area contributed by atoms with Crippen molar-refractivity contribution in [2.24, 2.45) is 5.92 Å². The smallest absolute Gasteiger partial charge is 0.326 e. The van der Waals surface area contributed by atoms with Gasteiger partial charge in [-0.2, -0.15) is 0 Å². The number of hydrogen-bond donors (Lipinski definition) is 3. The molecular weight excluding hydrogens is 226 g/mol. The largest absolute Gasteiger partial charge is 0.480 e. The van der Waals surface area contributed by atoms with Crippen LogP contribution in [-0.2, 0) is 9.59 Å². The summed E-state index contributed by atoms with van der Waals surface area (Å²) in [5.74, 6) is -1.60. The van der Waals surface area contributed by atoms with Gasteiger partial charge in [0.1, 0.15) is 6.04 Å². The second kappa shape index (κ2) is 6.72. The Morgan fingerprint density at radius 3 is 2.12 bits per heavy atom. The third kappa shape index (κ3) is 5.74. The second-order valence-electron chi connectivity index (χ2n) is 4.18. The van der Waals surface area contributed by atoms with Crippen molar-refractivity contribution < 1.29 is 19.5 Å². The van der Waals surface area contributed by atoms with Crippen LogP contribution in [0, 0.1) is 5.92 Å². The van der Waals surface area contributed by atoms with Crippen LogP contribution in [-0.4, -0.2) is 54.6 Å². The molecule has 0 aromatic carbocycles. The van der Waals surface area contributed by atoms with E-state index in [1.54, 1.807) is 27.9 Å². The van der Waals surface area contributed by atoms with Crippen LogP contribution in [0.2, 0.25) is 0 Å². The van der Waals surface area contributed by atoms with Gasteiger partial charge in [-0.15, -0.1) is 0 Å². The molecule has 0 aromatic rings. The molecule has 7 nitrogen and oxygen atoms in total. The van der Waals surface area contributed by atoms with Gasteiger partial charge >= 0.3 is 12.0 Å². The lowest BCUT2D eigenvalue weighted by molar-refractivity contribution is -0.140. The number of carbonyl (C=O) groups excluding carboxylic acids is 2. The Hall–Kier alpha value is -1.79. The van der Waals surface area contributed by atoms with Gasteiger partial charge in [-0.05, 0) is 5.92 Å². The maximum Gasteiger partial charge on any atom is 0.326 e. The lowest BCUT2D eigenvalue weighted by Gasteiger charge is -2.18. The van der Waals surface area contributed by atoms with Crippen LogP contribution in [0.5, 0.6) is 0 Å². The van der Waals surface area contributed by atoms with Crippen LogP contribution in [0.1, 0.15) is 13.8 Å². The van der Waals surface area contributed by atoms with Crippen LogP contribution in [0.3, 0.4) is 0 Å². The molecule has 0 unspecified atom stereocenters. The summed E-state index contributed by atoms with van der Waals surface area (Å²) in [4.78, 5) is 34.6. The average molecular weight is 245 g/mol. The number of carboxylic acid groups (broad SMARTS) is 1. The van der Waals surface area contributed by atoms with Crippen molar-refractivity contribution in [2.45, 2.75) is 19.9 Å². The zero-order valence-electron chi connectivity index (χ0n) is 10.5. The molecule has 0 radical (unpaired) electrons. The van der Waals surface area contributed by atoms with Gasteiger partial charge in [0.25, 0.3) is 0 Å². The van der Waals surface area contributed by atoms with E-state index in [0.717, 1.165) is 0 Å². The Bertz CT molecular complexity index is 302. The van der Waals surface area contributed by atoms with Gasteiger partial charge in [0.2, 0.25) is 5.91 Å². The molecular formula is C10H19N3O4. The quantitative estimate of drug-likeness (QED) is 0.607. The van der Waals surface area contributed by atoms with Crippen molar-refractivity contribution in [3.63, 3.8) is 0 Å². The van der Waals surface area contributed by atoms with Crippen LogP contribution < -0.4 is 10.6 Å². The Balaban J connectivity index is 4.17. The summed E-state index contributed by atoms with van der Waals surface area (Å²) in [6.45, 7) is 3.21. The lowest BCUT2D eigenvalue weighted by Crippen LogP contribution is -2.50. The summed E-state index contributed by atoms with van der Waals surface area (Å²) in [5.41, 5.74) is 0. The summed E-state index contributed by atoms with van der Waals surface area (Å²) < 4.78 is 0. The van der Waals surface area contributed by atoms with Crippen molar-refractivity contribution in [3.05, 3.63) is 0 Å². The van der Waals surface area contributed by atoms with Crippen molar-refractivity contribution in [3.8, 4) is 0 Å². The van der Waals surface area contributed by atoms with E-state index in [9.17, 15) is 14.4 Å². The topological polar surface area (TPSA) is 98.7 Å². The maximum absolute atomic E-state index is 11.3. The van der Waals surface area contributed by atoms with Crippen molar-refractivity contribution in [1.82, 2.24) is 15.5 Å². The molecule has 0 heterocycles. The van der Waals surface area contributed by atoms with Crippen molar-refractivity contribution in [1.29, 1.82) is 0 Å². The van der Waals surface area contributed by atoms with E-state index in [-0.39, 0.29) is 18.4 Å². The monoisotopic (exact) mass is 245 g/mol. The molecule has 1 atom stereocenters. The summed E-state index contributed by atoms with van der Waals surface area (Å²) in [6.07, 6.45) is 0. The maximum atomic E-state index is 11.3. The van der Waals surface area contributed by atoms with Gasteiger partial charge < -0.3 is 20.6 Å². The highest BCUT2D eigenvalue weighted by Gasteiger charge is 2.23. The molecule has 0 aliphatic heterocycles. The number of amides is 3. The van der Waals surface area contributed by atoms with E-state index in [2.05, 4.69) is 10.6 Å². The van der Waals surface area contributed by atoms with Crippen molar-refractivity contribution >= 4 is 17.9 Å². The second-order valence-corrected chi connectivity index (χ2v) is 4.18. The average Bonchev–Trinajstić information content (AvgIpc) is 2.21. The molecule has 0 bridgehead atoms. The van der Waals surface area contributed by atoms with Crippen LogP contribution in [0.4, 0.5) is 4.79 Å². The van der Waals surface area contributed by atoms with Gasteiger partial charge in [0, 0.05) is 14.1 Å². The Kier molecular flexibility index (Phi) is 6.01. The van der Waals surface area contributed by atoms with Gasteiger partial charge in [-0.25, -0.2) is 9.59 Å². The number of aliphatic carboxylic acids is 1. The highest BCUT2D eigenvalue weighted by molar-refractivity contribution is 5.86. The molecule has 17 heavy (non-hydrogen) atoms. The highest BCUT2D eigenvalue weighted by Crippen LogP contribution is 2.00. The summed E-state index contributed by atoms with van der Waals surface area (Å²) in [6, 6.07) is -1.63. The number of likely N-dealkylation sites (N-methyl/N-ethyl adjacent to an activating group) is 1. The molecule has 3 amide bonds. The third-order valence-electron chi connectivity index (χ3n) is 2.12. The minimum Gasteiger partial charge on any atom is -0.480 e. The van der Waals surface area contributed by atoms with Crippen LogP contribution >= 0.6 is 0 Å². The fraction of sp³-hybridized carbons (Fsp3) is 0.700. The lowest BCUT2D eigenvalue weighted by atomic mass is 10.1. The minimum absolute atomic E-state index is 0.163.